The molecule has 0 unspecified atom stereocenters. The Bertz CT molecular complexity index is 4940. The average Bonchev–Trinajstić information content (AvgIpc) is 4.36. The Balaban J connectivity index is 0.905. The van der Waals surface area contributed by atoms with Crippen LogP contribution in [0.1, 0.15) is 0 Å². The van der Waals surface area contributed by atoms with Crippen molar-refractivity contribution in [3.8, 4) is 62.1 Å². The van der Waals surface area contributed by atoms with E-state index >= 15 is 0 Å². The zero-order valence-corrected chi connectivity index (χ0v) is 41.7. The van der Waals surface area contributed by atoms with Crippen LogP contribution in [-0.2, 0) is 0 Å². The molecule has 0 aliphatic rings. The lowest BCUT2D eigenvalue weighted by Gasteiger charge is -2.13. The first-order chi connectivity index (χ1) is 38.2. The largest absolute Gasteiger partial charge is 0.309 e. The molecule has 0 N–H and O–H groups in total. The van der Waals surface area contributed by atoms with Gasteiger partial charge in [0.25, 0.3) is 0 Å². The SMILES string of the molecule is c1ccc(-c2ccc(-c3cccc(-n4c5ccccc5c5c6c7ccccc7n(-c7cccc8c7c7ccccc7n8-c7nc(-c8ccc9ccccc9c8)cc(-c8ccc9ccccc9c8)n7)c6ccc54)c3)cc2)cc1. The van der Waals surface area contributed by atoms with Crippen molar-refractivity contribution in [3.05, 3.63) is 273 Å². The van der Waals surface area contributed by atoms with Crippen LogP contribution < -0.4 is 0 Å². The molecule has 16 aromatic rings. The standard InChI is InChI=1S/C72H45N5/c1-2-16-46(17-3-1)49-32-34-50(35-33-49)53-22-14-23-56(44-53)75-62-27-11-9-25-58(62)70-67(75)40-41-68-71(70)59-26-10-12-28-63(59)76(68)65-30-15-31-66-69(65)57-24-8-13-29-64(57)77(66)72-73-60(54-38-36-47-18-4-6-20-51(47)42-54)45-61(74-72)55-39-37-48-19-5-7-21-52(48)43-55/h1-45H. The van der Waals surface area contributed by atoms with Crippen LogP contribution in [0.4, 0.5) is 0 Å². The van der Waals surface area contributed by atoms with Crippen LogP contribution in [0.5, 0.6) is 0 Å². The number of rotatable bonds is 7. The minimum atomic E-state index is 0.618. The zero-order chi connectivity index (χ0) is 50.6. The van der Waals surface area contributed by atoms with Crippen LogP contribution in [0.2, 0.25) is 0 Å². The molecule has 0 spiro atoms. The highest BCUT2D eigenvalue weighted by molar-refractivity contribution is 6.29. The van der Waals surface area contributed by atoms with E-state index in [4.69, 9.17) is 9.97 Å². The average molecular weight is 980 g/mol. The molecular formula is C72H45N5. The summed E-state index contributed by atoms with van der Waals surface area (Å²) < 4.78 is 7.21. The summed E-state index contributed by atoms with van der Waals surface area (Å²) in [6, 6.07) is 98.8. The summed E-state index contributed by atoms with van der Waals surface area (Å²) in [6.07, 6.45) is 0. The number of aromatic nitrogens is 5. The highest BCUT2D eigenvalue weighted by Crippen LogP contribution is 2.45. The molecule has 0 bridgehead atoms. The van der Waals surface area contributed by atoms with Crippen LogP contribution in [0, 0.1) is 0 Å². The van der Waals surface area contributed by atoms with Gasteiger partial charge in [0.05, 0.1) is 50.2 Å². The molecule has 358 valence electrons. The first-order valence-corrected chi connectivity index (χ1v) is 26.3. The van der Waals surface area contributed by atoms with E-state index in [1.54, 1.807) is 0 Å². The summed E-state index contributed by atoms with van der Waals surface area (Å²) in [4.78, 5) is 11.0. The van der Waals surface area contributed by atoms with Crippen molar-refractivity contribution in [1.82, 2.24) is 23.7 Å². The van der Waals surface area contributed by atoms with Crippen LogP contribution >= 0.6 is 0 Å². The molecule has 16 rings (SSSR count). The Labute approximate surface area is 443 Å². The lowest BCUT2D eigenvalue weighted by molar-refractivity contribution is 0.995. The number of hydrogen-bond donors (Lipinski definition) is 0. The molecule has 0 saturated heterocycles. The third-order valence-electron chi connectivity index (χ3n) is 15.8. The molecular weight excluding hydrogens is 935 g/mol. The van der Waals surface area contributed by atoms with Crippen molar-refractivity contribution in [3.63, 3.8) is 0 Å². The normalized spacial score (nSPS) is 11.9. The van der Waals surface area contributed by atoms with E-state index in [1.807, 2.05) is 0 Å². The van der Waals surface area contributed by atoms with Crippen molar-refractivity contribution in [2.45, 2.75) is 0 Å². The first-order valence-electron chi connectivity index (χ1n) is 26.3. The van der Waals surface area contributed by atoms with Gasteiger partial charge in [0, 0.05) is 49.1 Å². The predicted octanol–water partition coefficient (Wildman–Crippen LogP) is 18.7. The van der Waals surface area contributed by atoms with Crippen molar-refractivity contribution in [2.75, 3.05) is 0 Å². The molecule has 0 aliphatic carbocycles. The molecule has 0 aliphatic heterocycles. The fourth-order valence-corrected chi connectivity index (χ4v) is 12.3. The number of benzene rings is 12. The molecule has 5 heteroatoms. The van der Waals surface area contributed by atoms with E-state index in [1.165, 1.54) is 76.4 Å². The quantitative estimate of drug-likeness (QED) is 0.160. The van der Waals surface area contributed by atoms with E-state index in [0.717, 1.165) is 66.7 Å². The highest BCUT2D eigenvalue weighted by Gasteiger charge is 2.24. The summed E-state index contributed by atoms with van der Waals surface area (Å²) >= 11 is 0. The number of hydrogen-bond acceptors (Lipinski definition) is 2. The topological polar surface area (TPSA) is 40.6 Å². The molecule has 12 aromatic carbocycles. The van der Waals surface area contributed by atoms with Gasteiger partial charge >= 0.3 is 0 Å². The van der Waals surface area contributed by atoms with Gasteiger partial charge in [0.2, 0.25) is 5.95 Å². The second kappa shape index (κ2) is 17.1. The lowest BCUT2D eigenvalue weighted by Crippen LogP contribution is -2.04. The third kappa shape index (κ3) is 6.81. The van der Waals surface area contributed by atoms with Crippen LogP contribution in [0.3, 0.4) is 0 Å². The molecule has 77 heavy (non-hydrogen) atoms. The van der Waals surface area contributed by atoms with Crippen molar-refractivity contribution in [1.29, 1.82) is 0 Å². The number of nitrogens with zero attached hydrogens (tertiary/aromatic N) is 5. The van der Waals surface area contributed by atoms with E-state index in [-0.39, 0.29) is 0 Å². The Kier molecular flexibility index (Phi) is 9.57. The maximum absolute atomic E-state index is 5.50. The summed E-state index contributed by atoms with van der Waals surface area (Å²) in [6.45, 7) is 0. The smallest absolute Gasteiger partial charge is 0.235 e. The number of para-hydroxylation sites is 3. The predicted molar refractivity (Wildman–Crippen MR) is 322 cm³/mol. The Morgan fingerprint density at radius 3 is 1.29 bits per heavy atom. The van der Waals surface area contributed by atoms with Crippen molar-refractivity contribution < 1.29 is 0 Å². The van der Waals surface area contributed by atoms with Crippen LogP contribution in [0.25, 0.3) is 149 Å². The Morgan fingerprint density at radius 1 is 0.234 bits per heavy atom. The highest BCUT2D eigenvalue weighted by atomic mass is 15.2. The minimum absolute atomic E-state index is 0.618. The van der Waals surface area contributed by atoms with Gasteiger partial charge in [-0.15, -0.1) is 0 Å². The second-order valence-electron chi connectivity index (χ2n) is 20.1. The van der Waals surface area contributed by atoms with E-state index in [0.29, 0.717) is 5.95 Å². The molecule has 0 fully saturated rings. The Morgan fingerprint density at radius 2 is 0.662 bits per heavy atom. The maximum atomic E-state index is 5.50. The summed E-state index contributed by atoms with van der Waals surface area (Å²) in [7, 11) is 0. The molecule has 4 aromatic heterocycles. The van der Waals surface area contributed by atoms with E-state index in [9.17, 15) is 0 Å². The number of fused-ring (bicyclic) bond motifs is 12. The molecule has 0 amide bonds. The zero-order valence-electron chi connectivity index (χ0n) is 41.7. The summed E-state index contributed by atoms with van der Waals surface area (Å²) in [5, 5.41) is 11.9. The molecule has 0 atom stereocenters. The monoisotopic (exact) mass is 979 g/mol. The third-order valence-corrected chi connectivity index (χ3v) is 15.8. The van der Waals surface area contributed by atoms with Gasteiger partial charge in [-0.2, -0.15) is 0 Å². The lowest BCUT2D eigenvalue weighted by atomic mass is 10.00. The van der Waals surface area contributed by atoms with Gasteiger partial charge in [0.1, 0.15) is 0 Å². The fourth-order valence-electron chi connectivity index (χ4n) is 12.3. The van der Waals surface area contributed by atoms with Gasteiger partial charge < -0.3 is 9.13 Å². The van der Waals surface area contributed by atoms with E-state index in [2.05, 4.69) is 287 Å². The van der Waals surface area contributed by atoms with Crippen molar-refractivity contribution in [2.24, 2.45) is 0 Å². The fraction of sp³-hybridized carbons (Fsp3) is 0. The Hall–Kier alpha value is -10.4. The van der Waals surface area contributed by atoms with E-state index < -0.39 is 0 Å². The minimum Gasteiger partial charge on any atom is -0.309 e. The van der Waals surface area contributed by atoms with Gasteiger partial charge in [-0.25, -0.2) is 9.97 Å². The molecule has 0 radical (unpaired) electrons. The summed E-state index contributed by atoms with van der Waals surface area (Å²) in [5.74, 6) is 0.618. The van der Waals surface area contributed by atoms with Crippen LogP contribution in [0.15, 0.2) is 273 Å². The maximum Gasteiger partial charge on any atom is 0.235 e. The molecule has 0 saturated carbocycles. The van der Waals surface area contributed by atoms with Gasteiger partial charge in [-0.1, -0.05) is 200 Å². The van der Waals surface area contributed by atoms with Crippen molar-refractivity contribution >= 4 is 87.0 Å². The van der Waals surface area contributed by atoms with Gasteiger partial charge in [-0.05, 0) is 117 Å². The summed E-state index contributed by atoms with van der Waals surface area (Å²) in [5.41, 5.74) is 17.5. The first kappa shape index (κ1) is 43.1. The van der Waals surface area contributed by atoms with Gasteiger partial charge in [-0.3, -0.25) is 4.57 Å². The molecule has 5 nitrogen and oxygen atoms in total. The second-order valence-corrected chi connectivity index (χ2v) is 20.1. The van der Waals surface area contributed by atoms with Crippen LogP contribution in [-0.4, -0.2) is 23.7 Å². The molecule has 4 heterocycles. The van der Waals surface area contributed by atoms with Gasteiger partial charge in [0.15, 0.2) is 0 Å².